The lowest BCUT2D eigenvalue weighted by Gasteiger charge is -2.32. The van der Waals surface area contributed by atoms with E-state index in [-0.39, 0.29) is 18.9 Å². The molecule has 2 fully saturated rings. The number of ether oxygens (including phenoxy) is 5. The number of thiophene rings is 1. The number of aromatic nitrogens is 5. The Morgan fingerprint density at radius 3 is 2.53 bits per heavy atom. The van der Waals surface area contributed by atoms with Gasteiger partial charge in [-0.2, -0.15) is 5.10 Å². The Kier molecular flexibility index (Phi) is 15.3. The molecule has 0 unspecified atom stereocenters. The lowest BCUT2D eigenvalue weighted by atomic mass is 9.96. The molecule has 2 aromatic carbocycles. The molecule has 1 atom stereocenters. The second-order valence-corrected chi connectivity index (χ2v) is 17.4. The standard InChI is InChI=1S/C48H57ClN8O6S/c1-5-7-18-57-36(16-17-53-57)31-62-38-11-9-8-10-34(38)29-40(48(58)60-6-2)63-46-43-42(37-13-14-39(44(49)33(37)3)61-28-23-55-21-19-54(4)20-22-55)45(64-47(43)52-32-51-46)35-12-15-41(50-30-35)56-24-26-59-27-25-56/h8-17,30,32,40H,5-7,18-29,31H2,1-4H3/t40-/m1/s1. The van der Waals surface area contributed by atoms with Gasteiger partial charge < -0.3 is 33.5 Å². The molecule has 2 aliphatic heterocycles. The number of hydrogen-bond acceptors (Lipinski definition) is 14. The van der Waals surface area contributed by atoms with Crippen LogP contribution in [0.2, 0.25) is 5.02 Å². The lowest BCUT2D eigenvalue weighted by molar-refractivity contribution is -0.151. The third-order valence-electron chi connectivity index (χ3n) is 11.8. The molecule has 338 valence electrons. The average molecular weight is 910 g/mol. The van der Waals surface area contributed by atoms with Crippen LogP contribution in [0.15, 0.2) is 73.3 Å². The second-order valence-electron chi connectivity index (χ2n) is 16.1. The van der Waals surface area contributed by atoms with Crippen molar-refractivity contribution >= 4 is 44.9 Å². The number of piperazine rings is 1. The zero-order valence-corrected chi connectivity index (χ0v) is 38.7. The zero-order chi connectivity index (χ0) is 44.4. The number of esters is 1. The number of carbonyl (C=O) groups excluding carboxylic acids is 1. The molecule has 14 nitrogen and oxygen atoms in total. The zero-order valence-electron chi connectivity index (χ0n) is 37.1. The number of aryl methyl sites for hydroxylation is 1. The van der Waals surface area contributed by atoms with Gasteiger partial charge in [0.2, 0.25) is 12.0 Å². The molecule has 0 amide bonds. The molecule has 2 saturated heterocycles. The van der Waals surface area contributed by atoms with Gasteiger partial charge in [0.1, 0.15) is 41.7 Å². The van der Waals surface area contributed by atoms with Gasteiger partial charge >= 0.3 is 5.97 Å². The Bertz CT molecular complexity index is 2480. The summed E-state index contributed by atoms with van der Waals surface area (Å²) in [7, 11) is 2.15. The minimum atomic E-state index is -1.07. The summed E-state index contributed by atoms with van der Waals surface area (Å²) < 4.78 is 32.7. The number of hydrogen-bond donors (Lipinski definition) is 0. The summed E-state index contributed by atoms with van der Waals surface area (Å²) in [6.07, 6.45) is 6.35. The number of fused-ring (bicyclic) bond motifs is 1. The predicted molar refractivity (Wildman–Crippen MR) is 251 cm³/mol. The Balaban J connectivity index is 1.14. The molecule has 0 saturated carbocycles. The highest BCUT2D eigenvalue weighted by atomic mass is 35.5. The quantitative estimate of drug-likeness (QED) is 0.0730. The van der Waals surface area contributed by atoms with Crippen molar-refractivity contribution in [3.05, 3.63) is 95.2 Å². The van der Waals surface area contributed by atoms with E-state index < -0.39 is 12.1 Å². The van der Waals surface area contributed by atoms with E-state index in [1.54, 1.807) is 13.1 Å². The van der Waals surface area contributed by atoms with E-state index in [0.717, 1.165) is 109 Å². The van der Waals surface area contributed by atoms with E-state index in [4.69, 9.17) is 50.2 Å². The summed E-state index contributed by atoms with van der Waals surface area (Å²) in [6.45, 7) is 15.6. The fourth-order valence-electron chi connectivity index (χ4n) is 8.05. The Hall–Kier alpha value is -5.32. The number of halogens is 1. The topological polar surface area (TPSA) is 129 Å². The van der Waals surface area contributed by atoms with Crippen LogP contribution in [0.4, 0.5) is 5.82 Å². The molecular formula is C48H57ClN8O6S. The van der Waals surface area contributed by atoms with Gasteiger partial charge in [-0.1, -0.05) is 49.2 Å². The minimum Gasteiger partial charge on any atom is -0.491 e. The summed E-state index contributed by atoms with van der Waals surface area (Å²) in [5, 5.41) is 5.67. The van der Waals surface area contributed by atoms with Crippen molar-refractivity contribution in [3.63, 3.8) is 0 Å². The number of morpholine rings is 1. The summed E-state index contributed by atoms with van der Waals surface area (Å²) >= 11 is 8.70. The summed E-state index contributed by atoms with van der Waals surface area (Å²) in [5.74, 6) is 1.88. The van der Waals surface area contributed by atoms with Crippen molar-refractivity contribution in [1.29, 1.82) is 0 Å². The normalized spacial score (nSPS) is 15.4. The first kappa shape index (κ1) is 45.3. The van der Waals surface area contributed by atoms with Crippen LogP contribution in [-0.2, 0) is 33.8 Å². The highest BCUT2D eigenvalue weighted by Crippen LogP contribution is 2.49. The van der Waals surface area contributed by atoms with Crippen LogP contribution in [0.3, 0.4) is 0 Å². The van der Waals surface area contributed by atoms with Crippen LogP contribution in [0, 0.1) is 6.92 Å². The maximum absolute atomic E-state index is 13.9. The van der Waals surface area contributed by atoms with Crippen molar-refractivity contribution in [2.75, 3.05) is 84.2 Å². The lowest BCUT2D eigenvalue weighted by Crippen LogP contribution is -2.45. The highest BCUT2D eigenvalue weighted by molar-refractivity contribution is 7.22. The SMILES string of the molecule is CCCCn1nccc1COc1ccccc1C[C@@H](Oc1ncnc2sc(-c3ccc(N4CCOCC4)nc3)c(-c3ccc(OCCN4CCN(C)CC4)c(Cl)c3C)c12)C(=O)OCC. The van der Waals surface area contributed by atoms with Crippen molar-refractivity contribution in [2.45, 2.75) is 59.3 Å². The average Bonchev–Trinajstić information content (AvgIpc) is 3.95. The maximum Gasteiger partial charge on any atom is 0.347 e. The molecule has 0 bridgehead atoms. The molecule has 2 aliphatic rings. The maximum atomic E-state index is 13.9. The number of likely N-dealkylation sites (N-methyl/N-ethyl adjacent to an activating group) is 1. The number of nitrogens with zero attached hydrogens (tertiary/aromatic N) is 8. The van der Waals surface area contributed by atoms with Crippen LogP contribution in [0.5, 0.6) is 17.4 Å². The van der Waals surface area contributed by atoms with Crippen molar-refractivity contribution in [1.82, 2.24) is 34.5 Å². The number of pyridine rings is 1. The Morgan fingerprint density at radius 2 is 1.75 bits per heavy atom. The van der Waals surface area contributed by atoms with Crippen molar-refractivity contribution < 1.29 is 28.5 Å². The number of unbranched alkanes of at least 4 members (excludes halogenated alkanes) is 1. The van der Waals surface area contributed by atoms with Gasteiger partial charge in [-0.15, -0.1) is 11.3 Å². The fourth-order valence-corrected chi connectivity index (χ4v) is 9.41. The van der Waals surface area contributed by atoms with Crippen LogP contribution in [0.25, 0.3) is 31.8 Å². The van der Waals surface area contributed by atoms with Gasteiger partial charge in [-0.3, -0.25) is 9.58 Å². The third kappa shape index (κ3) is 10.6. The van der Waals surface area contributed by atoms with Gasteiger partial charge in [-0.05, 0) is 74.3 Å². The monoisotopic (exact) mass is 908 g/mol. The third-order valence-corrected chi connectivity index (χ3v) is 13.4. The van der Waals surface area contributed by atoms with E-state index in [2.05, 4.69) is 39.8 Å². The van der Waals surface area contributed by atoms with Gasteiger partial charge in [0.05, 0.1) is 35.9 Å². The van der Waals surface area contributed by atoms with Crippen LogP contribution >= 0.6 is 22.9 Å². The number of benzene rings is 2. The summed E-state index contributed by atoms with van der Waals surface area (Å²) in [6, 6.07) is 17.8. The van der Waals surface area contributed by atoms with Crippen molar-refractivity contribution in [3.8, 4) is 38.9 Å². The molecule has 16 heteroatoms. The van der Waals surface area contributed by atoms with Gasteiger partial charge in [-0.25, -0.2) is 19.7 Å². The van der Waals surface area contributed by atoms with Crippen LogP contribution in [-0.4, -0.2) is 126 Å². The predicted octanol–water partition coefficient (Wildman–Crippen LogP) is 7.97. The first-order valence-corrected chi connectivity index (χ1v) is 23.4. The smallest absolute Gasteiger partial charge is 0.347 e. The van der Waals surface area contributed by atoms with Gasteiger partial charge in [0.15, 0.2) is 0 Å². The van der Waals surface area contributed by atoms with E-state index in [1.165, 1.54) is 17.7 Å². The van der Waals surface area contributed by atoms with E-state index in [9.17, 15) is 4.79 Å². The summed E-state index contributed by atoms with van der Waals surface area (Å²) in [5.41, 5.74) is 5.17. The van der Waals surface area contributed by atoms with Crippen molar-refractivity contribution in [2.24, 2.45) is 0 Å². The van der Waals surface area contributed by atoms with E-state index in [1.807, 2.05) is 66.3 Å². The number of carbonyl (C=O) groups is 1. The fraction of sp³-hybridized carbons (Fsp3) is 0.438. The molecule has 64 heavy (non-hydrogen) atoms. The molecule has 0 N–H and O–H groups in total. The number of para-hydroxylation sites is 1. The van der Waals surface area contributed by atoms with E-state index in [0.29, 0.717) is 53.2 Å². The number of anilines is 1. The largest absolute Gasteiger partial charge is 0.491 e. The van der Waals surface area contributed by atoms with Gasteiger partial charge in [0, 0.05) is 87.2 Å². The molecule has 4 aromatic heterocycles. The van der Waals surface area contributed by atoms with E-state index >= 15 is 0 Å². The molecule has 8 rings (SSSR count). The highest BCUT2D eigenvalue weighted by Gasteiger charge is 2.30. The Morgan fingerprint density at radius 1 is 0.922 bits per heavy atom. The summed E-state index contributed by atoms with van der Waals surface area (Å²) in [4.78, 5) is 36.8. The molecule has 6 heterocycles. The molecule has 6 aromatic rings. The number of rotatable bonds is 19. The van der Waals surface area contributed by atoms with Gasteiger partial charge in [0.25, 0.3) is 0 Å². The molecule has 0 radical (unpaired) electrons. The molecule has 0 spiro atoms. The Labute approximate surface area is 384 Å². The first-order valence-electron chi connectivity index (χ1n) is 22.3. The first-order chi connectivity index (χ1) is 31.3. The second kappa shape index (κ2) is 21.6. The molecular weight excluding hydrogens is 852 g/mol. The van der Waals surface area contributed by atoms with Crippen LogP contribution in [0.1, 0.15) is 43.5 Å². The van der Waals surface area contributed by atoms with Crippen LogP contribution < -0.4 is 19.1 Å². The minimum absolute atomic E-state index is 0.167. The molecule has 0 aliphatic carbocycles.